The van der Waals surface area contributed by atoms with Crippen molar-refractivity contribution in [2.75, 3.05) is 30.1 Å². The van der Waals surface area contributed by atoms with Crippen LogP contribution >= 0.6 is 23.4 Å². The molecule has 238 valence electrons. The van der Waals surface area contributed by atoms with E-state index < -0.39 is 44.6 Å². The van der Waals surface area contributed by atoms with Crippen LogP contribution in [-0.2, 0) is 28.9 Å². The summed E-state index contributed by atoms with van der Waals surface area (Å²) in [5.41, 5.74) is 0.313. The van der Waals surface area contributed by atoms with Crippen molar-refractivity contribution >= 4 is 68.3 Å². The quantitative estimate of drug-likeness (QED) is 0.0694. The molecule has 45 heavy (non-hydrogen) atoms. The molecule has 11 nitrogen and oxygen atoms in total. The zero-order valence-electron chi connectivity index (χ0n) is 24.5. The average molecular weight is 675 g/mol. The van der Waals surface area contributed by atoms with Crippen molar-refractivity contribution in [2.45, 2.75) is 35.3 Å². The Balaban J connectivity index is 1.67. The Hall–Kier alpha value is -4.33. The second-order valence-corrected chi connectivity index (χ2v) is 13.0. The van der Waals surface area contributed by atoms with Crippen molar-refractivity contribution in [2.24, 2.45) is 0 Å². The zero-order valence-corrected chi connectivity index (χ0v) is 26.9. The SMILES string of the molecule is C/C=C/C(=O)OCCSc1ccc(S(=O)(=O)C(CC)C(=O)Nc2cc(O)c(NC(=O)c3ccc(C(=O)OC)cc3)cc2Cl)cc1. The number of esters is 2. The fraction of sp³-hybridized carbons (Fsp3) is 0.226. The highest BCUT2D eigenvalue weighted by atomic mass is 35.5. The lowest BCUT2D eigenvalue weighted by Gasteiger charge is -2.18. The lowest BCUT2D eigenvalue weighted by Crippen LogP contribution is -2.34. The number of sulfone groups is 1. The fourth-order valence-corrected chi connectivity index (χ4v) is 6.53. The molecule has 0 fully saturated rings. The summed E-state index contributed by atoms with van der Waals surface area (Å²) in [5.74, 6) is -2.44. The molecule has 0 aliphatic carbocycles. The van der Waals surface area contributed by atoms with Gasteiger partial charge in [0.1, 0.15) is 17.6 Å². The number of carbonyl (C=O) groups excluding carboxylic acids is 4. The van der Waals surface area contributed by atoms with Crippen LogP contribution in [0.2, 0.25) is 5.02 Å². The highest BCUT2D eigenvalue weighted by molar-refractivity contribution is 7.99. The van der Waals surface area contributed by atoms with Crippen LogP contribution in [-0.4, -0.2) is 62.0 Å². The number of thioether (sulfide) groups is 1. The van der Waals surface area contributed by atoms with Gasteiger partial charge in [-0.2, -0.15) is 0 Å². The van der Waals surface area contributed by atoms with E-state index in [9.17, 15) is 32.7 Å². The van der Waals surface area contributed by atoms with E-state index >= 15 is 0 Å². The number of ether oxygens (including phenoxy) is 2. The molecule has 0 aliphatic rings. The molecule has 0 heterocycles. The van der Waals surface area contributed by atoms with Gasteiger partial charge in [0, 0.05) is 28.4 Å². The summed E-state index contributed by atoms with van der Waals surface area (Å²) in [4.78, 5) is 49.5. The second-order valence-electron chi connectivity index (χ2n) is 9.29. The monoisotopic (exact) mass is 674 g/mol. The van der Waals surface area contributed by atoms with E-state index in [2.05, 4.69) is 15.4 Å². The van der Waals surface area contributed by atoms with Crippen molar-refractivity contribution in [1.82, 2.24) is 0 Å². The highest BCUT2D eigenvalue weighted by Crippen LogP contribution is 2.35. The Labute approximate surface area is 269 Å². The summed E-state index contributed by atoms with van der Waals surface area (Å²) in [6, 6.07) is 13.9. The lowest BCUT2D eigenvalue weighted by atomic mass is 10.1. The smallest absolute Gasteiger partial charge is 0.337 e. The third-order valence-electron chi connectivity index (χ3n) is 6.25. The Morgan fingerprint density at radius 2 is 1.62 bits per heavy atom. The number of phenolic OH excluding ortho intramolecular Hbond substituents is 1. The van der Waals surface area contributed by atoms with Crippen molar-refractivity contribution in [1.29, 1.82) is 0 Å². The minimum absolute atomic E-state index is 0.0469. The van der Waals surface area contributed by atoms with Gasteiger partial charge in [0.05, 0.1) is 34.0 Å². The molecule has 3 aromatic carbocycles. The minimum Gasteiger partial charge on any atom is -0.506 e. The molecule has 0 aliphatic heterocycles. The van der Waals surface area contributed by atoms with Gasteiger partial charge in [0.25, 0.3) is 5.91 Å². The number of aromatic hydroxyl groups is 1. The summed E-state index contributed by atoms with van der Waals surface area (Å²) in [7, 11) is -2.87. The van der Waals surface area contributed by atoms with Crippen molar-refractivity contribution in [3.63, 3.8) is 0 Å². The normalized spacial score (nSPS) is 11.9. The van der Waals surface area contributed by atoms with E-state index in [1.54, 1.807) is 32.1 Å². The number of benzene rings is 3. The first-order valence-electron chi connectivity index (χ1n) is 13.5. The molecule has 3 N–H and O–H groups in total. The van der Waals surface area contributed by atoms with Gasteiger partial charge in [0.15, 0.2) is 9.84 Å². The predicted molar refractivity (Wildman–Crippen MR) is 172 cm³/mol. The maximum absolute atomic E-state index is 13.4. The highest BCUT2D eigenvalue weighted by Gasteiger charge is 2.33. The maximum atomic E-state index is 13.4. The largest absolute Gasteiger partial charge is 0.506 e. The summed E-state index contributed by atoms with van der Waals surface area (Å²) in [6.07, 6.45) is 2.84. The van der Waals surface area contributed by atoms with Crippen LogP contribution in [0, 0.1) is 0 Å². The van der Waals surface area contributed by atoms with Crippen LogP contribution in [0.15, 0.2) is 82.6 Å². The van der Waals surface area contributed by atoms with Crippen molar-refractivity contribution < 1.29 is 42.2 Å². The van der Waals surface area contributed by atoms with Crippen molar-refractivity contribution in [3.05, 3.63) is 89.0 Å². The zero-order chi connectivity index (χ0) is 33.1. The number of allylic oxidation sites excluding steroid dienone is 1. The van der Waals surface area contributed by atoms with E-state index in [-0.39, 0.29) is 45.4 Å². The number of rotatable bonds is 13. The molecule has 0 bridgehead atoms. The minimum atomic E-state index is -4.11. The molecule has 14 heteroatoms. The Morgan fingerprint density at radius 1 is 0.978 bits per heavy atom. The van der Waals surface area contributed by atoms with Crippen LogP contribution in [0.3, 0.4) is 0 Å². The molecular weight excluding hydrogens is 644 g/mol. The van der Waals surface area contributed by atoms with Gasteiger partial charge in [-0.3, -0.25) is 9.59 Å². The summed E-state index contributed by atoms with van der Waals surface area (Å²) in [6.45, 7) is 3.44. The standard InChI is InChI=1S/C31H31ClN2O9S2/c1-4-6-28(36)43-15-16-44-21-11-13-22(14-12-21)45(40,41)27(5-2)30(38)33-24-18-26(35)25(17-23(24)32)34-29(37)19-7-9-20(10-8-19)31(39)42-3/h4,6-14,17-18,27,35H,5,15-16H2,1-3H3,(H,33,38)(H,34,37)/b6-4+. The molecule has 1 unspecified atom stereocenters. The van der Waals surface area contributed by atoms with E-state index in [1.807, 2.05) is 0 Å². The number of methoxy groups -OCH3 is 1. The van der Waals surface area contributed by atoms with Crippen LogP contribution in [0.5, 0.6) is 5.75 Å². The first kappa shape index (κ1) is 35.2. The number of amides is 2. The average Bonchev–Trinajstić information content (AvgIpc) is 3.02. The van der Waals surface area contributed by atoms with Crippen LogP contribution in [0.25, 0.3) is 0 Å². The van der Waals surface area contributed by atoms with Crippen molar-refractivity contribution in [3.8, 4) is 5.75 Å². The summed E-state index contributed by atoms with van der Waals surface area (Å²) in [5, 5.41) is 14.0. The molecule has 0 radical (unpaired) electrons. The molecule has 0 saturated heterocycles. The maximum Gasteiger partial charge on any atom is 0.337 e. The molecular formula is C31H31ClN2O9S2. The Bertz CT molecular complexity index is 1690. The number of phenols is 1. The van der Waals surface area contributed by atoms with Gasteiger partial charge in [0.2, 0.25) is 5.91 Å². The number of nitrogens with one attached hydrogen (secondary N) is 2. The molecule has 2 amide bonds. The van der Waals surface area contributed by atoms with Crippen LogP contribution < -0.4 is 10.6 Å². The first-order chi connectivity index (χ1) is 21.4. The number of halogens is 1. The third kappa shape index (κ3) is 9.33. The van der Waals surface area contributed by atoms with Gasteiger partial charge in [-0.25, -0.2) is 18.0 Å². The van der Waals surface area contributed by atoms with E-state index in [1.165, 1.54) is 67.4 Å². The van der Waals surface area contributed by atoms with Gasteiger partial charge in [-0.15, -0.1) is 11.8 Å². The molecule has 3 aromatic rings. The second kappa shape index (κ2) is 16.1. The van der Waals surface area contributed by atoms with Gasteiger partial charge >= 0.3 is 11.9 Å². The third-order valence-corrected chi connectivity index (χ3v) is 9.76. The first-order valence-corrected chi connectivity index (χ1v) is 16.4. The molecule has 0 aromatic heterocycles. The predicted octanol–water partition coefficient (Wildman–Crippen LogP) is 5.49. The number of carbonyl (C=O) groups is 4. The lowest BCUT2D eigenvalue weighted by molar-refractivity contribution is -0.137. The van der Waals surface area contributed by atoms with Gasteiger partial charge in [-0.1, -0.05) is 24.6 Å². The van der Waals surface area contributed by atoms with Crippen LogP contribution in [0.4, 0.5) is 11.4 Å². The van der Waals surface area contributed by atoms with Gasteiger partial charge < -0.3 is 25.2 Å². The summed E-state index contributed by atoms with van der Waals surface area (Å²) >= 11 is 7.69. The molecule has 3 rings (SSSR count). The molecule has 0 saturated carbocycles. The Kier molecular flexibility index (Phi) is 12.6. The fourth-order valence-electron chi connectivity index (χ4n) is 3.96. The van der Waals surface area contributed by atoms with E-state index in [0.29, 0.717) is 5.75 Å². The molecule has 1 atom stereocenters. The molecule has 0 spiro atoms. The topological polar surface area (TPSA) is 165 Å². The van der Waals surface area contributed by atoms with Gasteiger partial charge in [-0.05, 0) is 67.9 Å². The number of anilines is 2. The number of hydrogen-bond acceptors (Lipinski definition) is 10. The Morgan fingerprint density at radius 3 is 2.22 bits per heavy atom. The van der Waals surface area contributed by atoms with E-state index in [0.717, 1.165) is 11.0 Å². The van der Waals surface area contributed by atoms with Crippen LogP contribution in [0.1, 0.15) is 41.0 Å². The van der Waals surface area contributed by atoms with E-state index in [4.69, 9.17) is 16.3 Å². The summed E-state index contributed by atoms with van der Waals surface area (Å²) < 4.78 is 36.4. The number of hydrogen-bond donors (Lipinski definition) is 3.